The smallest absolute Gasteiger partial charge is 0.225 e. The normalized spacial score (nSPS) is 12.9. The van der Waals surface area contributed by atoms with Crippen molar-refractivity contribution in [3.63, 3.8) is 0 Å². The molecule has 3 nitrogen and oxygen atoms in total. The van der Waals surface area contributed by atoms with Gasteiger partial charge in [-0.25, -0.2) is 13.6 Å². The van der Waals surface area contributed by atoms with Gasteiger partial charge in [0.2, 0.25) is 10.0 Å². The summed E-state index contributed by atoms with van der Waals surface area (Å²) in [4.78, 5) is 0. The Labute approximate surface area is 88.2 Å². The Hall–Kier alpha value is -0.840. The van der Waals surface area contributed by atoms with E-state index in [2.05, 4.69) is 0 Å². The van der Waals surface area contributed by atoms with E-state index in [-0.39, 0.29) is 0 Å². The summed E-state index contributed by atoms with van der Waals surface area (Å²) < 4.78 is 21.5. The van der Waals surface area contributed by atoms with Crippen LogP contribution in [0.4, 0.5) is 0 Å². The number of allylic oxidation sites excluding steroid dienone is 1. The molecular formula is C9H10ClNO2S. The molecular weight excluding hydrogens is 222 g/mol. The van der Waals surface area contributed by atoms with Gasteiger partial charge in [0, 0.05) is 10.4 Å². The number of hydrogen-bond donors (Lipinski definition) is 1. The molecule has 0 saturated heterocycles. The fourth-order valence-electron chi connectivity index (χ4n) is 1.03. The van der Waals surface area contributed by atoms with E-state index >= 15 is 0 Å². The third-order valence-corrected chi connectivity index (χ3v) is 2.57. The minimum absolute atomic E-state index is 0.587. The third kappa shape index (κ3) is 3.49. The van der Waals surface area contributed by atoms with E-state index in [1.54, 1.807) is 31.2 Å². The summed E-state index contributed by atoms with van der Waals surface area (Å²) in [5.41, 5.74) is 1.37. The molecule has 0 fully saturated rings. The number of sulfonamides is 1. The standard InChI is InChI=1S/C9H10ClNO2S/c1-7(6-14(11,12)13)8-2-4-9(10)5-3-8/h2-6H,1H3,(H2,11,12,13). The predicted molar refractivity (Wildman–Crippen MR) is 58.2 cm³/mol. The fourth-order valence-corrected chi connectivity index (χ4v) is 1.78. The zero-order valence-corrected chi connectivity index (χ0v) is 9.14. The van der Waals surface area contributed by atoms with Crippen molar-refractivity contribution in [2.45, 2.75) is 6.92 Å². The van der Waals surface area contributed by atoms with Gasteiger partial charge in [-0.05, 0) is 30.2 Å². The van der Waals surface area contributed by atoms with Crippen LogP contribution < -0.4 is 5.14 Å². The first kappa shape index (κ1) is 11.2. The van der Waals surface area contributed by atoms with Crippen molar-refractivity contribution >= 4 is 27.2 Å². The van der Waals surface area contributed by atoms with Crippen LogP contribution in [0.3, 0.4) is 0 Å². The molecule has 0 aliphatic carbocycles. The largest absolute Gasteiger partial charge is 0.231 e. The van der Waals surface area contributed by atoms with Gasteiger partial charge in [0.05, 0.1) is 0 Å². The summed E-state index contributed by atoms with van der Waals surface area (Å²) in [6.07, 6.45) is 0. The van der Waals surface area contributed by atoms with E-state index < -0.39 is 10.0 Å². The molecule has 14 heavy (non-hydrogen) atoms. The van der Waals surface area contributed by atoms with Crippen molar-refractivity contribution in [2.24, 2.45) is 5.14 Å². The van der Waals surface area contributed by atoms with Gasteiger partial charge in [-0.15, -0.1) is 0 Å². The molecule has 1 aromatic carbocycles. The van der Waals surface area contributed by atoms with Crippen LogP contribution in [0.25, 0.3) is 5.57 Å². The number of primary sulfonamides is 1. The van der Waals surface area contributed by atoms with Gasteiger partial charge in [-0.2, -0.15) is 0 Å². The predicted octanol–water partition coefficient (Wildman–Crippen LogP) is 1.99. The Balaban J connectivity index is 3.07. The molecule has 0 spiro atoms. The summed E-state index contributed by atoms with van der Waals surface area (Å²) in [6, 6.07) is 6.85. The number of halogens is 1. The second-order valence-corrected chi connectivity index (χ2v) is 4.75. The molecule has 0 heterocycles. The van der Waals surface area contributed by atoms with Gasteiger partial charge >= 0.3 is 0 Å². The van der Waals surface area contributed by atoms with Gasteiger partial charge in [0.25, 0.3) is 0 Å². The van der Waals surface area contributed by atoms with E-state index in [4.69, 9.17) is 16.7 Å². The van der Waals surface area contributed by atoms with Crippen molar-refractivity contribution in [3.8, 4) is 0 Å². The number of nitrogens with two attached hydrogens (primary N) is 1. The highest BCUT2D eigenvalue weighted by Gasteiger charge is 2.01. The van der Waals surface area contributed by atoms with E-state index in [0.717, 1.165) is 11.0 Å². The molecule has 0 saturated carbocycles. The van der Waals surface area contributed by atoms with E-state index in [0.29, 0.717) is 10.6 Å². The molecule has 5 heteroatoms. The Kier molecular flexibility index (Phi) is 3.31. The lowest BCUT2D eigenvalue weighted by Gasteiger charge is -2.00. The molecule has 76 valence electrons. The molecule has 0 radical (unpaired) electrons. The zero-order valence-electron chi connectivity index (χ0n) is 7.57. The molecule has 0 atom stereocenters. The first-order valence-corrected chi connectivity index (χ1v) is 5.84. The van der Waals surface area contributed by atoms with E-state index in [1.165, 1.54) is 0 Å². The average molecular weight is 232 g/mol. The Bertz CT molecular complexity index is 448. The lowest BCUT2D eigenvalue weighted by molar-refractivity contribution is 0.606. The molecule has 0 aliphatic rings. The third-order valence-electron chi connectivity index (χ3n) is 1.64. The molecule has 0 unspecified atom stereocenters. The maximum absolute atomic E-state index is 10.8. The molecule has 0 bridgehead atoms. The highest BCUT2D eigenvalue weighted by molar-refractivity contribution is 7.92. The minimum atomic E-state index is -3.58. The van der Waals surface area contributed by atoms with Crippen LogP contribution in [0.15, 0.2) is 29.7 Å². The molecule has 2 N–H and O–H groups in total. The summed E-state index contributed by atoms with van der Waals surface area (Å²) in [7, 11) is -3.58. The minimum Gasteiger partial charge on any atom is -0.225 e. The van der Waals surface area contributed by atoms with Crippen LogP contribution in [-0.4, -0.2) is 8.42 Å². The Morgan fingerprint density at radius 2 is 1.86 bits per heavy atom. The Morgan fingerprint density at radius 1 is 1.36 bits per heavy atom. The second kappa shape index (κ2) is 4.13. The van der Waals surface area contributed by atoms with E-state index in [1.807, 2.05) is 0 Å². The van der Waals surface area contributed by atoms with Crippen molar-refractivity contribution < 1.29 is 8.42 Å². The maximum atomic E-state index is 10.8. The lowest BCUT2D eigenvalue weighted by Crippen LogP contribution is -2.07. The highest BCUT2D eigenvalue weighted by atomic mass is 35.5. The first-order chi connectivity index (χ1) is 6.38. The zero-order chi connectivity index (χ0) is 10.8. The quantitative estimate of drug-likeness (QED) is 0.846. The maximum Gasteiger partial charge on any atom is 0.231 e. The summed E-state index contributed by atoms with van der Waals surface area (Å²) in [5, 5.41) is 6.51. The topological polar surface area (TPSA) is 60.2 Å². The van der Waals surface area contributed by atoms with Gasteiger partial charge < -0.3 is 0 Å². The van der Waals surface area contributed by atoms with Crippen molar-refractivity contribution in [2.75, 3.05) is 0 Å². The summed E-state index contributed by atoms with van der Waals surface area (Å²) >= 11 is 5.69. The van der Waals surface area contributed by atoms with Crippen LogP contribution in [0, 0.1) is 0 Å². The molecule has 1 aromatic rings. The van der Waals surface area contributed by atoms with Crippen LogP contribution in [-0.2, 0) is 10.0 Å². The van der Waals surface area contributed by atoms with Crippen LogP contribution in [0.5, 0.6) is 0 Å². The first-order valence-electron chi connectivity index (χ1n) is 3.85. The number of rotatable bonds is 2. The van der Waals surface area contributed by atoms with Crippen LogP contribution >= 0.6 is 11.6 Å². The van der Waals surface area contributed by atoms with Crippen LogP contribution in [0.1, 0.15) is 12.5 Å². The van der Waals surface area contributed by atoms with Crippen molar-refractivity contribution in [3.05, 3.63) is 40.3 Å². The number of hydrogen-bond acceptors (Lipinski definition) is 2. The average Bonchev–Trinajstić information content (AvgIpc) is 2.02. The molecule has 0 aliphatic heterocycles. The molecule has 0 amide bonds. The highest BCUT2D eigenvalue weighted by Crippen LogP contribution is 2.17. The van der Waals surface area contributed by atoms with Gasteiger partial charge in [-0.3, -0.25) is 0 Å². The Morgan fingerprint density at radius 3 is 2.29 bits per heavy atom. The lowest BCUT2D eigenvalue weighted by atomic mass is 10.1. The fraction of sp³-hybridized carbons (Fsp3) is 0.111. The monoisotopic (exact) mass is 231 g/mol. The second-order valence-electron chi connectivity index (χ2n) is 2.90. The summed E-state index contributed by atoms with van der Waals surface area (Å²) in [6.45, 7) is 1.67. The van der Waals surface area contributed by atoms with Gasteiger partial charge in [0.15, 0.2) is 0 Å². The van der Waals surface area contributed by atoms with E-state index in [9.17, 15) is 8.42 Å². The molecule has 1 rings (SSSR count). The van der Waals surface area contributed by atoms with Crippen LogP contribution in [0.2, 0.25) is 5.02 Å². The molecule has 0 aromatic heterocycles. The summed E-state index contributed by atoms with van der Waals surface area (Å²) in [5.74, 6) is 0. The van der Waals surface area contributed by atoms with Gasteiger partial charge in [-0.1, -0.05) is 23.7 Å². The van der Waals surface area contributed by atoms with Crippen molar-refractivity contribution in [1.82, 2.24) is 0 Å². The van der Waals surface area contributed by atoms with Gasteiger partial charge in [0.1, 0.15) is 0 Å². The SMILES string of the molecule is CC(=CS(N)(=O)=O)c1ccc(Cl)cc1. The van der Waals surface area contributed by atoms with Crippen molar-refractivity contribution in [1.29, 1.82) is 0 Å². The number of benzene rings is 1.